The fourth-order valence-corrected chi connectivity index (χ4v) is 2.85. The van der Waals surface area contributed by atoms with Gasteiger partial charge in [-0.25, -0.2) is 9.97 Å². The Balaban J connectivity index is 1.86. The molecule has 0 bridgehead atoms. The molecule has 1 heterocycles. The minimum atomic E-state index is 0.261. The van der Waals surface area contributed by atoms with Crippen LogP contribution in [0.3, 0.4) is 0 Å². The summed E-state index contributed by atoms with van der Waals surface area (Å²) in [6, 6.07) is 8.12. The van der Waals surface area contributed by atoms with Crippen LogP contribution in [-0.4, -0.2) is 16.1 Å². The molecule has 0 aliphatic heterocycles. The third-order valence-corrected chi connectivity index (χ3v) is 4.44. The van der Waals surface area contributed by atoms with E-state index in [0.29, 0.717) is 0 Å². The van der Waals surface area contributed by atoms with Crippen molar-refractivity contribution in [1.29, 1.82) is 0 Å². The Kier molecular flexibility index (Phi) is 8.44. The van der Waals surface area contributed by atoms with Gasteiger partial charge in [0.25, 0.3) is 0 Å². The average Bonchev–Trinajstić information content (AvgIpc) is 2.65. The predicted molar refractivity (Wildman–Crippen MR) is 105 cm³/mol. The molecule has 0 N–H and O–H groups in total. The van der Waals surface area contributed by atoms with E-state index in [1.807, 2.05) is 36.7 Å². The molecule has 0 saturated heterocycles. The second kappa shape index (κ2) is 10.9. The maximum Gasteiger partial charge on any atom is 0.159 e. The third kappa shape index (κ3) is 6.85. The highest BCUT2D eigenvalue weighted by atomic mass is 16.5. The van der Waals surface area contributed by atoms with Gasteiger partial charge in [0, 0.05) is 18.0 Å². The zero-order valence-electron chi connectivity index (χ0n) is 16.0. The third-order valence-electron chi connectivity index (χ3n) is 4.44. The van der Waals surface area contributed by atoms with Crippen molar-refractivity contribution in [3.05, 3.63) is 42.2 Å². The molecule has 0 aliphatic rings. The van der Waals surface area contributed by atoms with Crippen LogP contribution in [-0.2, 0) is 6.42 Å². The van der Waals surface area contributed by atoms with Crippen LogP contribution in [0.4, 0.5) is 0 Å². The largest absolute Gasteiger partial charge is 0.491 e. The van der Waals surface area contributed by atoms with E-state index in [0.717, 1.165) is 30.0 Å². The minimum absolute atomic E-state index is 0.261. The fourth-order valence-electron chi connectivity index (χ4n) is 2.85. The maximum atomic E-state index is 6.01. The van der Waals surface area contributed by atoms with E-state index in [2.05, 4.69) is 30.7 Å². The van der Waals surface area contributed by atoms with Crippen molar-refractivity contribution < 1.29 is 4.74 Å². The number of benzene rings is 1. The zero-order chi connectivity index (χ0) is 17.9. The van der Waals surface area contributed by atoms with Gasteiger partial charge in [-0.2, -0.15) is 0 Å². The molecule has 0 spiro atoms. The highest BCUT2D eigenvalue weighted by Crippen LogP contribution is 2.21. The molecule has 2 rings (SSSR count). The lowest BCUT2D eigenvalue weighted by atomic mass is 10.1. The molecule has 3 heteroatoms. The molecule has 1 aromatic carbocycles. The molecule has 0 amide bonds. The first kappa shape index (κ1) is 19.4. The van der Waals surface area contributed by atoms with E-state index < -0.39 is 0 Å². The summed E-state index contributed by atoms with van der Waals surface area (Å²) < 4.78 is 6.01. The van der Waals surface area contributed by atoms with Gasteiger partial charge in [-0.3, -0.25) is 0 Å². The van der Waals surface area contributed by atoms with Gasteiger partial charge in [0.1, 0.15) is 5.75 Å². The Hall–Kier alpha value is -1.90. The van der Waals surface area contributed by atoms with E-state index in [1.165, 1.54) is 44.1 Å². The number of rotatable bonds is 11. The number of aromatic nitrogens is 2. The highest BCUT2D eigenvalue weighted by molar-refractivity contribution is 5.55. The number of aryl methyl sites for hydroxylation is 1. The van der Waals surface area contributed by atoms with Crippen molar-refractivity contribution in [2.24, 2.45) is 0 Å². The summed E-state index contributed by atoms with van der Waals surface area (Å²) in [6.45, 7) is 6.59. The Bertz CT molecular complexity index is 592. The van der Waals surface area contributed by atoms with E-state index in [4.69, 9.17) is 4.74 Å². The Morgan fingerprint density at radius 2 is 1.56 bits per heavy atom. The van der Waals surface area contributed by atoms with Crippen molar-refractivity contribution in [2.45, 2.75) is 78.2 Å². The Morgan fingerprint density at radius 1 is 0.880 bits per heavy atom. The summed E-state index contributed by atoms with van der Waals surface area (Å²) in [5.74, 6) is 1.70. The number of hydrogen-bond donors (Lipinski definition) is 0. The normalized spacial score (nSPS) is 12.1. The molecule has 0 radical (unpaired) electrons. The summed E-state index contributed by atoms with van der Waals surface area (Å²) in [7, 11) is 0. The topological polar surface area (TPSA) is 35.0 Å². The van der Waals surface area contributed by atoms with Crippen LogP contribution in [0.25, 0.3) is 11.4 Å². The first-order chi connectivity index (χ1) is 12.2. The second-order valence-corrected chi connectivity index (χ2v) is 6.82. The fraction of sp³-hybridized carbons (Fsp3) is 0.545. The summed E-state index contributed by atoms with van der Waals surface area (Å²) >= 11 is 0. The van der Waals surface area contributed by atoms with Gasteiger partial charge >= 0.3 is 0 Å². The summed E-state index contributed by atoms with van der Waals surface area (Å²) in [5, 5.41) is 0. The van der Waals surface area contributed by atoms with Gasteiger partial charge in [-0.1, -0.05) is 39.5 Å². The van der Waals surface area contributed by atoms with Gasteiger partial charge < -0.3 is 4.74 Å². The molecule has 25 heavy (non-hydrogen) atoms. The van der Waals surface area contributed by atoms with Crippen LogP contribution in [0.15, 0.2) is 36.7 Å². The standard InChI is InChI=1S/C22H32N2O/c1-4-6-8-9-10-18(3)25-21-14-12-20(13-15-21)22-23-16-19(17-24-22)11-7-5-2/h12-18H,4-11H2,1-3H3. The number of hydrogen-bond acceptors (Lipinski definition) is 3. The van der Waals surface area contributed by atoms with Crippen molar-refractivity contribution in [3.63, 3.8) is 0 Å². The maximum absolute atomic E-state index is 6.01. The molecule has 0 saturated carbocycles. The van der Waals surface area contributed by atoms with Gasteiger partial charge in [0.05, 0.1) is 6.10 Å². The van der Waals surface area contributed by atoms with Gasteiger partial charge in [0.15, 0.2) is 5.82 Å². The first-order valence-corrected chi connectivity index (χ1v) is 9.81. The summed E-state index contributed by atoms with van der Waals surface area (Å²) in [4.78, 5) is 9.00. The lowest BCUT2D eigenvalue weighted by molar-refractivity contribution is 0.206. The van der Waals surface area contributed by atoms with Crippen molar-refractivity contribution in [1.82, 2.24) is 9.97 Å². The Morgan fingerprint density at radius 3 is 2.20 bits per heavy atom. The van der Waals surface area contributed by atoms with Gasteiger partial charge in [-0.05, 0) is 62.4 Å². The van der Waals surface area contributed by atoms with Crippen LogP contribution in [0.1, 0.15) is 71.3 Å². The molecule has 0 aliphatic carbocycles. The minimum Gasteiger partial charge on any atom is -0.491 e. The molecule has 136 valence electrons. The molecule has 1 unspecified atom stereocenters. The SMILES string of the molecule is CCCCCCC(C)Oc1ccc(-c2ncc(CCCC)cn2)cc1. The molecular weight excluding hydrogens is 308 g/mol. The molecule has 2 aromatic rings. The number of unbranched alkanes of at least 4 members (excludes halogenated alkanes) is 4. The number of ether oxygens (including phenoxy) is 1. The second-order valence-electron chi connectivity index (χ2n) is 6.82. The van der Waals surface area contributed by atoms with Crippen LogP contribution in [0.5, 0.6) is 5.75 Å². The molecule has 3 nitrogen and oxygen atoms in total. The van der Waals surface area contributed by atoms with Gasteiger partial charge in [-0.15, -0.1) is 0 Å². The van der Waals surface area contributed by atoms with Crippen LogP contribution < -0.4 is 4.74 Å². The summed E-state index contributed by atoms with van der Waals surface area (Å²) in [6.07, 6.45) is 13.8. The number of nitrogens with zero attached hydrogens (tertiary/aromatic N) is 2. The lowest BCUT2D eigenvalue weighted by Gasteiger charge is -2.14. The molecule has 0 fully saturated rings. The van der Waals surface area contributed by atoms with Crippen LogP contribution in [0.2, 0.25) is 0 Å². The van der Waals surface area contributed by atoms with E-state index in [-0.39, 0.29) is 6.10 Å². The smallest absolute Gasteiger partial charge is 0.159 e. The van der Waals surface area contributed by atoms with Crippen LogP contribution >= 0.6 is 0 Å². The Labute approximate surface area is 152 Å². The molecule has 1 atom stereocenters. The van der Waals surface area contributed by atoms with Crippen LogP contribution in [0, 0.1) is 0 Å². The monoisotopic (exact) mass is 340 g/mol. The quantitative estimate of drug-likeness (QED) is 0.455. The van der Waals surface area contributed by atoms with E-state index >= 15 is 0 Å². The van der Waals surface area contributed by atoms with E-state index in [9.17, 15) is 0 Å². The highest BCUT2D eigenvalue weighted by Gasteiger charge is 2.06. The first-order valence-electron chi connectivity index (χ1n) is 9.81. The summed E-state index contributed by atoms with van der Waals surface area (Å²) in [5.41, 5.74) is 2.24. The van der Waals surface area contributed by atoms with Gasteiger partial charge in [0.2, 0.25) is 0 Å². The average molecular weight is 341 g/mol. The van der Waals surface area contributed by atoms with Crippen molar-refractivity contribution in [3.8, 4) is 17.1 Å². The predicted octanol–water partition coefficient (Wildman–Crippen LogP) is 6.22. The lowest BCUT2D eigenvalue weighted by Crippen LogP contribution is -2.11. The van der Waals surface area contributed by atoms with Crippen molar-refractivity contribution >= 4 is 0 Å². The zero-order valence-corrected chi connectivity index (χ0v) is 16.0. The van der Waals surface area contributed by atoms with E-state index in [1.54, 1.807) is 0 Å². The molecular formula is C22H32N2O. The van der Waals surface area contributed by atoms with Crippen molar-refractivity contribution in [2.75, 3.05) is 0 Å². The molecule has 1 aromatic heterocycles.